The number of hydrogen-bond donors (Lipinski definition) is 0. The molecule has 2 aliphatic heterocycles. The maximum Gasteiger partial charge on any atom is 0.0515 e. The molecule has 2 aliphatic rings. The molecule has 1 aromatic heterocycles. The maximum absolute atomic E-state index is 2.59. The van der Waals surface area contributed by atoms with Crippen LogP contribution in [-0.2, 0) is 25.8 Å². The molecule has 0 aliphatic carbocycles. The van der Waals surface area contributed by atoms with E-state index < -0.39 is 0 Å². The normalized spacial score (nSPS) is 16.4. The molecule has 2 heteroatoms. The van der Waals surface area contributed by atoms with Gasteiger partial charge < -0.3 is 9.47 Å². The van der Waals surface area contributed by atoms with Gasteiger partial charge in [-0.3, -0.25) is 0 Å². The molecular formula is C22H24N2. The summed E-state index contributed by atoms with van der Waals surface area (Å²) in [6.45, 7) is 3.50. The van der Waals surface area contributed by atoms with Crippen molar-refractivity contribution >= 4 is 16.6 Å². The van der Waals surface area contributed by atoms with Crippen molar-refractivity contribution in [3.05, 3.63) is 65.4 Å². The monoisotopic (exact) mass is 316 g/mol. The highest BCUT2D eigenvalue weighted by molar-refractivity contribution is 5.87. The molecule has 0 fully saturated rings. The highest BCUT2D eigenvalue weighted by Gasteiger charge is 2.18. The number of hydrogen-bond acceptors (Lipinski definition) is 1. The standard InChI is InChI=1S/C22H24N2/c1-2-11-21-17(6-1)8-4-13-23(21)15-12-19-16-24-14-5-9-18-7-3-10-20(19)22(18)24/h1-3,6-7,10-11,16H,4-5,8-9,12-15H2. The van der Waals surface area contributed by atoms with Crippen molar-refractivity contribution in [2.45, 2.75) is 38.6 Å². The Balaban J connectivity index is 1.44. The minimum atomic E-state index is 1.13. The average Bonchev–Trinajstić information content (AvgIpc) is 3.00. The number of fused-ring (bicyclic) bond motifs is 1. The van der Waals surface area contributed by atoms with Crippen molar-refractivity contribution in [2.75, 3.05) is 18.0 Å². The summed E-state index contributed by atoms with van der Waals surface area (Å²) in [5.74, 6) is 0. The lowest BCUT2D eigenvalue weighted by Crippen LogP contribution is -2.31. The number of anilines is 1. The number of aryl methyl sites for hydroxylation is 3. The van der Waals surface area contributed by atoms with E-state index in [1.807, 2.05) is 0 Å². The van der Waals surface area contributed by atoms with Gasteiger partial charge in [-0.15, -0.1) is 0 Å². The van der Waals surface area contributed by atoms with E-state index in [2.05, 4.69) is 58.1 Å². The third kappa shape index (κ3) is 2.24. The van der Waals surface area contributed by atoms with Gasteiger partial charge in [0.1, 0.15) is 0 Å². The predicted molar refractivity (Wildman–Crippen MR) is 101 cm³/mol. The number of para-hydroxylation sites is 2. The smallest absolute Gasteiger partial charge is 0.0515 e. The number of benzene rings is 2. The van der Waals surface area contributed by atoms with Gasteiger partial charge in [-0.1, -0.05) is 36.4 Å². The summed E-state index contributed by atoms with van der Waals surface area (Å²) < 4.78 is 2.49. The summed E-state index contributed by atoms with van der Waals surface area (Å²) in [5, 5.41) is 1.48. The average molecular weight is 316 g/mol. The first-order chi connectivity index (χ1) is 11.9. The maximum atomic E-state index is 2.59. The molecule has 0 atom stereocenters. The van der Waals surface area contributed by atoms with E-state index in [1.165, 1.54) is 72.1 Å². The predicted octanol–water partition coefficient (Wildman–Crippen LogP) is 4.58. The van der Waals surface area contributed by atoms with Gasteiger partial charge in [0.25, 0.3) is 0 Å². The fourth-order valence-corrected chi connectivity index (χ4v) is 4.63. The van der Waals surface area contributed by atoms with Crippen LogP contribution in [0.15, 0.2) is 48.7 Å². The van der Waals surface area contributed by atoms with Gasteiger partial charge in [-0.2, -0.15) is 0 Å². The van der Waals surface area contributed by atoms with Crippen molar-refractivity contribution in [3.8, 4) is 0 Å². The Labute approximate surface area is 143 Å². The summed E-state index contributed by atoms with van der Waals surface area (Å²) in [7, 11) is 0. The lowest BCUT2D eigenvalue weighted by Gasteiger charge is -2.31. The van der Waals surface area contributed by atoms with E-state index in [1.54, 1.807) is 0 Å². The van der Waals surface area contributed by atoms with Gasteiger partial charge in [0.15, 0.2) is 0 Å². The molecule has 0 radical (unpaired) electrons. The van der Waals surface area contributed by atoms with E-state index in [0.717, 1.165) is 13.0 Å². The van der Waals surface area contributed by atoms with Crippen LogP contribution in [0.2, 0.25) is 0 Å². The second kappa shape index (κ2) is 5.70. The van der Waals surface area contributed by atoms with Crippen molar-refractivity contribution in [1.82, 2.24) is 4.57 Å². The Morgan fingerprint density at radius 3 is 2.67 bits per heavy atom. The Morgan fingerprint density at radius 1 is 0.833 bits per heavy atom. The molecule has 0 N–H and O–H groups in total. The second-order valence-electron chi connectivity index (χ2n) is 7.23. The molecule has 3 aromatic rings. The van der Waals surface area contributed by atoms with Gasteiger partial charge in [0.2, 0.25) is 0 Å². The van der Waals surface area contributed by atoms with E-state index in [9.17, 15) is 0 Å². The molecule has 0 saturated carbocycles. The zero-order valence-corrected chi connectivity index (χ0v) is 14.2. The lowest BCUT2D eigenvalue weighted by molar-refractivity contribution is 0.633. The van der Waals surface area contributed by atoms with Crippen LogP contribution in [0.5, 0.6) is 0 Å². The van der Waals surface area contributed by atoms with Gasteiger partial charge in [0.05, 0.1) is 5.52 Å². The minimum absolute atomic E-state index is 1.13. The van der Waals surface area contributed by atoms with Crippen LogP contribution in [0.3, 0.4) is 0 Å². The van der Waals surface area contributed by atoms with Crippen LogP contribution in [0.1, 0.15) is 29.5 Å². The minimum Gasteiger partial charge on any atom is -0.371 e. The number of aromatic nitrogens is 1. The van der Waals surface area contributed by atoms with Crippen molar-refractivity contribution < 1.29 is 0 Å². The van der Waals surface area contributed by atoms with E-state index in [4.69, 9.17) is 0 Å². The van der Waals surface area contributed by atoms with Crippen LogP contribution < -0.4 is 4.90 Å². The largest absolute Gasteiger partial charge is 0.371 e. The highest BCUT2D eigenvalue weighted by atomic mass is 15.1. The number of rotatable bonds is 3. The fourth-order valence-electron chi connectivity index (χ4n) is 4.63. The summed E-state index contributed by atoms with van der Waals surface area (Å²) in [5.41, 5.74) is 7.53. The molecule has 2 aromatic carbocycles. The third-order valence-electron chi connectivity index (χ3n) is 5.77. The molecule has 2 nitrogen and oxygen atoms in total. The molecule has 122 valence electrons. The summed E-state index contributed by atoms with van der Waals surface area (Å²) >= 11 is 0. The quantitative estimate of drug-likeness (QED) is 0.686. The topological polar surface area (TPSA) is 8.17 Å². The molecule has 5 rings (SSSR count). The fraction of sp³-hybridized carbons (Fsp3) is 0.364. The van der Waals surface area contributed by atoms with Gasteiger partial charge in [-0.05, 0) is 54.9 Å². The Morgan fingerprint density at radius 2 is 1.67 bits per heavy atom. The third-order valence-corrected chi connectivity index (χ3v) is 5.77. The molecule has 3 heterocycles. The second-order valence-corrected chi connectivity index (χ2v) is 7.23. The molecule has 0 spiro atoms. The van der Waals surface area contributed by atoms with Crippen LogP contribution in [-0.4, -0.2) is 17.7 Å². The highest BCUT2D eigenvalue weighted by Crippen LogP contribution is 2.31. The first kappa shape index (κ1) is 14.2. The first-order valence-electron chi connectivity index (χ1n) is 9.32. The van der Waals surface area contributed by atoms with Crippen molar-refractivity contribution in [3.63, 3.8) is 0 Å². The molecule has 24 heavy (non-hydrogen) atoms. The van der Waals surface area contributed by atoms with E-state index >= 15 is 0 Å². The molecule has 0 unspecified atom stereocenters. The molecular weight excluding hydrogens is 292 g/mol. The molecule has 0 saturated heterocycles. The van der Waals surface area contributed by atoms with Crippen LogP contribution in [0.25, 0.3) is 10.9 Å². The Kier molecular flexibility index (Phi) is 3.36. The summed E-state index contributed by atoms with van der Waals surface area (Å²) in [6, 6.07) is 15.8. The first-order valence-corrected chi connectivity index (χ1v) is 9.32. The van der Waals surface area contributed by atoms with E-state index in [0.29, 0.717) is 0 Å². The Hall–Kier alpha value is -2.22. The van der Waals surface area contributed by atoms with Crippen LogP contribution >= 0.6 is 0 Å². The SMILES string of the molecule is c1ccc2c(c1)CCCN2CCc1cn2c3c(cccc13)CCC2. The lowest BCUT2D eigenvalue weighted by atomic mass is 10.00. The molecule has 0 bridgehead atoms. The number of nitrogens with zero attached hydrogens (tertiary/aromatic N) is 2. The van der Waals surface area contributed by atoms with Crippen molar-refractivity contribution in [2.24, 2.45) is 0 Å². The Bertz CT molecular complexity index is 890. The van der Waals surface area contributed by atoms with Crippen LogP contribution in [0.4, 0.5) is 5.69 Å². The van der Waals surface area contributed by atoms with Gasteiger partial charge in [0, 0.05) is 36.9 Å². The summed E-state index contributed by atoms with van der Waals surface area (Å²) in [6.07, 6.45) is 8.59. The van der Waals surface area contributed by atoms with E-state index in [-0.39, 0.29) is 0 Å². The molecule has 0 amide bonds. The van der Waals surface area contributed by atoms with Gasteiger partial charge >= 0.3 is 0 Å². The zero-order chi connectivity index (χ0) is 15.9. The summed E-state index contributed by atoms with van der Waals surface area (Å²) in [4.78, 5) is 2.59. The zero-order valence-electron chi connectivity index (χ0n) is 14.2. The van der Waals surface area contributed by atoms with Gasteiger partial charge in [-0.25, -0.2) is 0 Å². The van der Waals surface area contributed by atoms with Crippen molar-refractivity contribution in [1.29, 1.82) is 0 Å². The van der Waals surface area contributed by atoms with Crippen LogP contribution in [0, 0.1) is 0 Å².